The van der Waals surface area contributed by atoms with Crippen molar-refractivity contribution in [2.24, 2.45) is 4.99 Å². The average molecular weight is 712 g/mol. The van der Waals surface area contributed by atoms with Gasteiger partial charge in [-0.05, 0) is 79.9 Å². The second-order valence-electron chi connectivity index (χ2n) is 10.4. The molecule has 3 aromatic carbocycles. The summed E-state index contributed by atoms with van der Waals surface area (Å²) in [5, 5.41) is 0.908. The van der Waals surface area contributed by atoms with Crippen molar-refractivity contribution in [2.75, 3.05) is 26.9 Å². The van der Waals surface area contributed by atoms with Crippen molar-refractivity contribution >= 4 is 52.6 Å². The van der Waals surface area contributed by atoms with Gasteiger partial charge in [0, 0.05) is 0 Å². The SMILES string of the molecule is CCOC(=O)C1=C(C)N=c2s/c(=C\c3cccc(OCc4ccc(Cl)c(Cl)c4)c3)c(=O)n2[C@@H]1c1ccc(OCC(=O)OC)c(OCC)c1. The summed E-state index contributed by atoms with van der Waals surface area (Å²) in [5.74, 6) is 0.0859. The number of carbonyl (C=O) groups excluding carboxylic acids is 2. The van der Waals surface area contributed by atoms with Crippen LogP contribution in [0.15, 0.2) is 81.7 Å². The first-order valence-corrected chi connectivity index (χ1v) is 16.5. The standard InChI is InChI=1S/C35H32Cl2N2O8S/c1-5-44-28-17-23(11-13-27(28)47-19-30(40)43-4)32-31(34(42)45-6-2)20(3)38-35-39(32)33(41)29(48-35)16-21-8-7-9-24(14-21)46-18-22-10-12-25(36)26(37)15-22/h7-17,32H,5-6,18-19H2,1-4H3/b29-16-/t32-/m1/s1. The average Bonchev–Trinajstić information content (AvgIpc) is 3.37. The Kier molecular flexibility index (Phi) is 11.3. The molecule has 0 saturated heterocycles. The van der Waals surface area contributed by atoms with Crippen LogP contribution in [0.3, 0.4) is 0 Å². The number of carbonyl (C=O) groups is 2. The number of ether oxygens (including phenoxy) is 5. The summed E-state index contributed by atoms with van der Waals surface area (Å²) in [6.07, 6.45) is 1.76. The summed E-state index contributed by atoms with van der Waals surface area (Å²) in [4.78, 5) is 44.2. The lowest BCUT2D eigenvalue weighted by Gasteiger charge is -2.25. The molecular weight excluding hydrogens is 679 g/mol. The summed E-state index contributed by atoms with van der Waals surface area (Å²) in [6.45, 7) is 5.62. The molecule has 0 unspecified atom stereocenters. The van der Waals surface area contributed by atoms with Crippen LogP contribution in [0.1, 0.15) is 43.5 Å². The highest BCUT2D eigenvalue weighted by Crippen LogP contribution is 2.36. The van der Waals surface area contributed by atoms with Gasteiger partial charge in [-0.3, -0.25) is 9.36 Å². The van der Waals surface area contributed by atoms with Crippen LogP contribution in [0.4, 0.5) is 0 Å². The normalized spacial score (nSPS) is 14.2. The Labute approximate surface area is 290 Å². The van der Waals surface area contributed by atoms with Crippen LogP contribution in [-0.4, -0.2) is 43.4 Å². The van der Waals surface area contributed by atoms with Crippen molar-refractivity contribution in [3.05, 3.63) is 118 Å². The molecule has 250 valence electrons. The van der Waals surface area contributed by atoms with Crippen LogP contribution in [-0.2, 0) is 25.7 Å². The first-order valence-electron chi connectivity index (χ1n) is 15.0. The van der Waals surface area contributed by atoms with Crippen LogP contribution in [0, 0.1) is 0 Å². The van der Waals surface area contributed by atoms with Gasteiger partial charge in [0.25, 0.3) is 5.56 Å². The Morgan fingerprint density at radius 1 is 0.958 bits per heavy atom. The molecule has 1 aliphatic rings. The molecule has 0 N–H and O–H groups in total. The van der Waals surface area contributed by atoms with E-state index in [1.807, 2.05) is 30.3 Å². The number of hydrogen-bond acceptors (Lipinski definition) is 10. The Bertz CT molecular complexity index is 2070. The predicted octanol–water partition coefficient (Wildman–Crippen LogP) is 5.63. The van der Waals surface area contributed by atoms with Crippen molar-refractivity contribution < 1.29 is 33.3 Å². The number of aromatic nitrogens is 1. The number of methoxy groups -OCH3 is 1. The fourth-order valence-electron chi connectivity index (χ4n) is 5.03. The van der Waals surface area contributed by atoms with E-state index in [4.69, 9.17) is 42.1 Å². The molecule has 1 aromatic heterocycles. The number of hydrogen-bond donors (Lipinski definition) is 0. The largest absolute Gasteiger partial charge is 0.490 e. The highest BCUT2D eigenvalue weighted by atomic mass is 35.5. The topological polar surface area (TPSA) is 115 Å². The summed E-state index contributed by atoms with van der Waals surface area (Å²) in [6, 6.07) is 16.8. The number of halogens is 2. The van der Waals surface area contributed by atoms with E-state index < -0.39 is 18.0 Å². The lowest BCUT2D eigenvalue weighted by Crippen LogP contribution is -2.40. The minimum atomic E-state index is -0.878. The van der Waals surface area contributed by atoms with E-state index in [0.717, 1.165) is 11.1 Å². The molecular formula is C35H32Cl2N2O8S. The molecule has 0 amide bonds. The minimum Gasteiger partial charge on any atom is -0.490 e. The highest BCUT2D eigenvalue weighted by molar-refractivity contribution is 7.07. The van der Waals surface area contributed by atoms with Crippen molar-refractivity contribution in [2.45, 2.75) is 33.4 Å². The monoisotopic (exact) mass is 710 g/mol. The Morgan fingerprint density at radius 2 is 1.77 bits per heavy atom. The molecule has 1 aliphatic heterocycles. The maximum absolute atomic E-state index is 14.1. The molecule has 2 heterocycles. The Balaban J connectivity index is 1.55. The van der Waals surface area contributed by atoms with Gasteiger partial charge in [-0.25, -0.2) is 14.6 Å². The molecule has 10 nitrogen and oxygen atoms in total. The fourth-order valence-corrected chi connectivity index (χ4v) is 6.39. The van der Waals surface area contributed by atoms with Gasteiger partial charge >= 0.3 is 11.9 Å². The lowest BCUT2D eigenvalue weighted by atomic mass is 9.95. The first-order chi connectivity index (χ1) is 23.1. The zero-order valence-electron chi connectivity index (χ0n) is 26.6. The third-order valence-electron chi connectivity index (χ3n) is 7.22. The Morgan fingerprint density at radius 3 is 2.50 bits per heavy atom. The van der Waals surface area contributed by atoms with E-state index >= 15 is 0 Å². The molecule has 0 bridgehead atoms. The van der Waals surface area contributed by atoms with E-state index in [1.165, 1.54) is 23.0 Å². The molecule has 1 atom stereocenters. The summed E-state index contributed by atoms with van der Waals surface area (Å²) >= 11 is 13.4. The van der Waals surface area contributed by atoms with E-state index in [9.17, 15) is 14.4 Å². The molecule has 0 fully saturated rings. The Hall–Kier alpha value is -4.58. The third kappa shape index (κ3) is 7.75. The van der Waals surface area contributed by atoms with E-state index in [1.54, 1.807) is 57.2 Å². The summed E-state index contributed by atoms with van der Waals surface area (Å²) in [5.41, 5.74) is 2.45. The van der Waals surface area contributed by atoms with Gasteiger partial charge in [-0.1, -0.05) is 58.8 Å². The molecule has 13 heteroatoms. The second-order valence-corrected chi connectivity index (χ2v) is 12.2. The minimum absolute atomic E-state index is 0.140. The molecule has 0 spiro atoms. The quantitative estimate of drug-likeness (QED) is 0.174. The zero-order chi connectivity index (χ0) is 34.4. The van der Waals surface area contributed by atoms with Gasteiger partial charge in [-0.2, -0.15) is 0 Å². The van der Waals surface area contributed by atoms with Crippen molar-refractivity contribution in [3.8, 4) is 17.2 Å². The van der Waals surface area contributed by atoms with Gasteiger partial charge in [-0.15, -0.1) is 0 Å². The van der Waals surface area contributed by atoms with Gasteiger partial charge in [0.1, 0.15) is 12.4 Å². The number of nitrogens with zero attached hydrogens (tertiary/aromatic N) is 2. The first kappa shape index (κ1) is 34.7. The highest BCUT2D eigenvalue weighted by Gasteiger charge is 2.34. The van der Waals surface area contributed by atoms with Crippen LogP contribution in [0.2, 0.25) is 10.0 Å². The molecule has 48 heavy (non-hydrogen) atoms. The van der Waals surface area contributed by atoms with E-state index in [2.05, 4.69) is 9.73 Å². The van der Waals surface area contributed by atoms with Gasteiger partial charge in [0.05, 0.1) is 52.2 Å². The number of fused-ring (bicyclic) bond motifs is 1. The predicted molar refractivity (Wildman–Crippen MR) is 183 cm³/mol. The van der Waals surface area contributed by atoms with Crippen LogP contribution in [0.5, 0.6) is 17.2 Å². The maximum Gasteiger partial charge on any atom is 0.343 e. The van der Waals surface area contributed by atoms with Crippen LogP contribution < -0.4 is 29.1 Å². The van der Waals surface area contributed by atoms with Crippen molar-refractivity contribution in [1.29, 1.82) is 0 Å². The summed E-state index contributed by atoms with van der Waals surface area (Å²) in [7, 11) is 1.27. The third-order valence-corrected chi connectivity index (χ3v) is 8.94. The molecule has 4 aromatic rings. The number of benzene rings is 3. The summed E-state index contributed by atoms with van der Waals surface area (Å²) < 4.78 is 29.4. The number of allylic oxidation sites excluding steroid dienone is 1. The number of thiazole rings is 1. The zero-order valence-corrected chi connectivity index (χ0v) is 28.9. The second kappa shape index (κ2) is 15.5. The van der Waals surface area contributed by atoms with Crippen molar-refractivity contribution in [3.63, 3.8) is 0 Å². The molecule has 0 saturated carbocycles. The van der Waals surface area contributed by atoms with E-state index in [0.29, 0.717) is 54.5 Å². The molecule has 5 rings (SSSR count). The van der Waals surface area contributed by atoms with Gasteiger partial charge < -0.3 is 23.7 Å². The smallest absolute Gasteiger partial charge is 0.343 e. The fraction of sp³-hybridized carbons (Fsp3) is 0.257. The van der Waals surface area contributed by atoms with E-state index in [-0.39, 0.29) is 31.0 Å². The van der Waals surface area contributed by atoms with Gasteiger partial charge in [0.2, 0.25) is 0 Å². The maximum atomic E-state index is 14.1. The molecule has 0 aliphatic carbocycles. The van der Waals surface area contributed by atoms with Crippen LogP contribution >= 0.6 is 34.5 Å². The number of rotatable bonds is 12. The van der Waals surface area contributed by atoms with Crippen molar-refractivity contribution in [1.82, 2.24) is 4.57 Å². The number of esters is 2. The molecule has 0 radical (unpaired) electrons. The lowest BCUT2D eigenvalue weighted by molar-refractivity contribution is -0.143. The van der Waals surface area contributed by atoms with Crippen LogP contribution in [0.25, 0.3) is 6.08 Å². The van der Waals surface area contributed by atoms with Gasteiger partial charge in [0.15, 0.2) is 22.9 Å².